The lowest BCUT2D eigenvalue weighted by molar-refractivity contribution is -0.138. The van der Waals surface area contributed by atoms with Crippen molar-refractivity contribution in [2.24, 2.45) is 17.6 Å². The van der Waals surface area contributed by atoms with E-state index < -0.39 is 29.9 Å². The van der Waals surface area contributed by atoms with Crippen LogP contribution >= 0.6 is 0 Å². The molecular formula is C36H57N7O9. The fraction of sp³-hybridized carbons (Fsp3) is 0.556. The topological polar surface area (TPSA) is 246 Å². The number of carboxylic acids is 1. The van der Waals surface area contributed by atoms with Crippen LogP contribution in [0.4, 0.5) is 10.5 Å². The van der Waals surface area contributed by atoms with Crippen molar-refractivity contribution in [3.8, 4) is 0 Å². The average Bonchev–Trinajstić information content (AvgIpc) is 3.40. The second-order valence-electron chi connectivity index (χ2n) is 12.6. The number of primary amides is 1. The van der Waals surface area contributed by atoms with Crippen molar-refractivity contribution in [2.45, 2.75) is 92.5 Å². The van der Waals surface area contributed by atoms with Gasteiger partial charge in [0.1, 0.15) is 6.04 Å². The summed E-state index contributed by atoms with van der Waals surface area (Å²) in [7, 11) is 0. The maximum absolute atomic E-state index is 12.7. The van der Waals surface area contributed by atoms with Gasteiger partial charge in [-0.05, 0) is 55.2 Å². The van der Waals surface area contributed by atoms with Gasteiger partial charge >= 0.3 is 12.0 Å². The van der Waals surface area contributed by atoms with Crippen molar-refractivity contribution in [1.82, 2.24) is 26.2 Å². The van der Waals surface area contributed by atoms with Crippen molar-refractivity contribution >= 4 is 53.1 Å². The van der Waals surface area contributed by atoms with Crippen molar-refractivity contribution in [1.29, 1.82) is 0 Å². The zero-order valence-corrected chi connectivity index (χ0v) is 31.2. The predicted molar refractivity (Wildman–Crippen MR) is 197 cm³/mol. The number of amides is 8. The van der Waals surface area contributed by atoms with E-state index in [1.165, 1.54) is 17.7 Å². The van der Waals surface area contributed by atoms with Gasteiger partial charge in [0.25, 0.3) is 11.8 Å². The van der Waals surface area contributed by atoms with Gasteiger partial charge in [0.15, 0.2) is 0 Å². The normalized spacial score (nSPS) is 12.2. The molecule has 0 fully saturated rings. The number of nitrogens with zero attached hydrogens (tertiary/aromatic N) is 1. The Bertz CT molecular complexity index is 1340. The number of hydrogen-bond acceptors (Lipinski definition) is 8. The minimum atomic E-state index is -0.877. The Labute approximate surface area is 306 Å². The standard InChI is InChI=1S/C29H41N5O6.C4H10N2O.C3H6O2/c1-19(2)16-21-9-11-22(12-10-21)32-24(36)18-31-29(40)28(20(3)4)33-25(37)17-30-23(35)8-6-5-7-15-34-26(38)13-14-27(34)39;1-2-3-6-4(5)7;1-2-3(4)5/h9-14,19-20,28H,5-8,15-18H2,1-4H3,(H,30,35)(H,31,40)(H,32,36)(H,33,37);2-3H2,1H3,(H3,5,6,7);2H2,1H3,(H,4,5). The first-order valence-electron chi connectivity index (χ1n) is 17.5. The molecule has 0 spiro atoms. The second kappa shape index (κ2) is 26.5. The second-order valence-corrected chi connectivity index (χ2v) is 12.6. The molecule has 0 saturated heterocycles. The summed E-state index contributed by atoms with van der Waals surface area (Å²) in [5, 5.41) is 20.6. The summed E-state index contributed by atoms with van der Waals surface area (Å²) < 4.78 is 0. The Morgan fingerprint density at radius 3 is 1.85 bits per heavy atom. The van der Waals surface area contributed by atoms with Crippen molar-refractivity contribution in [3.05, 3.63) is 42.0 Å². The Morgan fingerprint density at radius 2 is 1.37 bits per heavy atom. The number of unbranched alkanes of at least 4 members (excludes halogenated alkanes) is 2. The summed E-state index contributed by atoms with van der Waals surface area (Å²) >= 11 is 0. The van der Waals surface area contributed by atoms with Crippen LogP contribution in [0, 0.1) is 11.8 Å². The number of imide groups is 1. The van der Waals surface area contributed by atoms with E-state index in [0.717, 1.165) is 17.7 Å². The van der Waals surface area contributed by atoms with E-state index in [9.17, 15) is 38.4 Å². The fourth-order valence-electron chi connectivity index (χ4n) is 4.34. The van der Waals surface area contributed by atoms with Crippen molar-refractivity contribution < 1.29 is 43.5 Å². The molecule has 16 nitrogen and oxygen atoms in total. The zero-order chi connectivity index (χ0) is 39.6. The van der Waals surface area contributed by atoms with Gasteiger partial charge in [-0.2, -0.15) is 0 Å². The molecule has 0 saturated carbocycles. The first kappa shape index (κ1) is 46.7. The van der Waals surface area contributed by atoms with Crippen LogP contribution in [0.5, 0.6) is 0 Å². The molecule has 0 radical (unpaired) electrons. The van der Waals surface area contributed by atoms with E-state index in [4.69, 9.17) is 10.8 Å². The molecule has 0 bridgehead atoms. The highest BCUT2D eigenvalue weighted by atomic mass is 16.4. The molecule has 16 heteroatoms. The summed E-state index contributed by atoms with van der Waals surface area (Å²) in [4.78, 5) is 92.8. The minimum Gasteiger partial charge on any atom is -0.481 e. The van der Waals surface area contributed by atoms with Gasteiger partial charge in [-0.15, -0.1) is 0 Å². The zero-order valence-electron chi connectivity index (χ0n) is 31.2. The monoisotopic (exact) mass is 731 g/mol. The number of nitrogens with one attached hydrogen (secondary N) is 5. The molecular weight excluding hydrogens is 674 g/mol. The summed E-state index contributed by atoms with van der Waals surface area (Å²) in [5.74, 6) is -2.84. The first-order valence-corrected chi connectivity index (χ1v) is 17.5. The highest BCUT2D eigenvalue weighted by molar-refractivity contribution is 6.12. The largest absolute Gasteiger partial charge is 0.481 e. The highest BCUT2D eigenvalue weighted by Crippen LogP contribution is 2.13. The smallest absolute Gasteiger partial charge is 0.312 e. The number of carboxylic acid groups (broad SMARTS) is 1. The predicted octanol–water partition coefficient (Wildman–Crippen LogP) is 2.23. The number of carbonyl (C=O) groups excluding carboxylic acids is 7. The minimum absolute atomic E-state index is 0.192. The van der Waals surface area contributed by atoms with Gasteiger partial charge in [0.2, 0.25) is 23.6 Å². The molecule has 1 aliphatic rings. The lowest BCUT2D eigenvalue weighted by Crippen LogP contribution is -2.52. The number of rotatable bonds is 19. The Balaban J connectivity index is 0.00000185. The summed E-state index contributed by atoms with van der Waals surface area (Å²) in [6.07, 6.45) is 6.53. The summed E-state index contributed by atoms with van der Waals surface area (Å²) in [6.45, 7) is 11.8. The van der Waals surface area contributed by atoms with E-state index in [1.807, 2.05) is 31.2 Å². The van der Waals surface area contributed by atoms with Gasteiger partial charge in [0, 0.05) is 43.8 Å². The highest BCUT2D eigenvalue weighted by Gasteiger charge is 2.25. The SMILES string of the molecule is CC(C)Cc1ccc(NC(=O)CNC(=O)C(NC(=O)CNC(=O)CCCCCN2C(=O)C=CC2=O)C(C)C)cc1.CCC(=O)O.CCCNC(N)=O. The lowest BCUT2D eigenvalue weighted by Gasteiger charge is -2.21. The lowest BCUT2D eigenvalue weighted by atomic mass is 10.0. The Hall–Kier alpha value is -5.28. The number of anilines is 1. The first-order chi connectivity index (χ1) is 24.5. The Kier molecular flexibility index (Phi) is 23.8. The van der Waals surface area contributed by atoms with E-state index in [1.54, 1.807) is 20.8 Å². The Morgan fingerprint density at radius 1 is 0.788 bits per heavy atom. The van der Waals surface area contributed by atoms with Crippen LogP contribution < -0.4 is 32.3 Å². The van der Waals surface area contributed by atoms with Crippen LogP contribution in [0.15, 0.2) is 36.4 Å². The average molecular weight is 732 g/mol. The number of carbonyl (C=O) groups is 8. The number of hydrogen-bond donors (Lipinski definition) is 7. The molecule has 290 valence electrons. The van der Waals surface area contributed by atoms with Gasteiger partial charge in [0.05, 0.1) is 13.1 Å². The molecule has 2 rings (SSSR count). The molecule has 1 aromatic carbocycles. The third-order valence-electron chi connectivity index (χ3n) is 7.05. The molecule has 52 heavy (non-hydrogen) atoms. The summed E-state index contributed by atoms with van der Waals surface area (Å²) in [5.41, 5.74) is 6.54. The van der Waals surface area contributed by atoms with E-state index in [0.29, 0.717) is 44.0 Å². The number of nitrogens with two attached hydrogens (primary N) is 1. The number of aliphatic carboxylic acids is 1. The van der Waals surface area contributed by atoms with Gasteiger partial charge in [-0.3, -0.25) is 38.5 Å². The molecule has 1 aliphatic heterocycles. The van der Waals surface area contributed by atoms with Crippen LogP contribution in [0.25, 0.3) is 0 Å². The van der Waals surface area contributed by atoms with Crippen molar-refractivity contribution in [2.75, 3.05) is 31.5 Å². The quantitative estimate of drug-likeness (QED) is 0.0813. The molecule has 8 N–H and O–H groups in total. The van der Waals surface area contributed by atoms with Gasteiger partial charge < -0.3 is 37.4 Å². The number of benzene rings is 1. The molecule has 1 aromatic rings. The van der Waals surface area contributed by atoms with Crippen LogP contribution in [0.3, 0.4) is 0 Å². The van der Waals surface area contributed by atoms with Crippen molar-refractivity contribution in [3.63, 3.8) is 0 Å². The third-order valence-corrected chi connectivity index (χ3v) is 7.05. The molecule has 8 amide bonds. The maximum Gasteiger partial charge on any atom is 0.312 e. The fourth-order valence-corrected chi connectivity index (χ4v) is 4.34. The van der Waals surface area contributed by atoms with E-state index in [-0.39, 0.29) is 55.5 Å². The molecule has 0 aromatic heterocycles. The molecule has 0 aliphatic carbocycles. The van der Waals surface area contributed by atoms with E-state index >= 15 is 0 Å². The van der Waals surface area contributed by atoms with Crippen LogP contribution in [-0.2, 0) is 40.0 Å². The van der Waals surface area contributed by atoms with Crippen LogP contribution in [0.1, 0.15) is 85.6 Å². The maximum atomic E-state index is 12.7. The van der Waals surface area contributed by atoms with Gasteiger partial charge in [-0.1, -0.05) is 60.1 Å². The van der Waals surface area contributed by atoms with Crippen LogP contribution in [-0.4, -0.2) is 89.7 Å². The van der Waals surface area contributed by atoms with Crippen LogP contribution in [0.2, 0.25) is 0 Å². The third kappa shape index (κ3) is 22.4. The number of urea groups is 1. The molecule has 1 atom stereocenters. The molecule has 1 unspecified atom stereocenters. The van der Waals surface area contributed by atoms with E-state index in [2.05, 4.69) is 40.4 Å². The summed E-state index contributed by atoms with van der Waals surface area (Å²) in [6, 6.07) is 6.23. The van der Waals surface area contributed by atoms with Gasteiger partial charge in [-0.25, -0.2) is 4.79 Å². The molecule has 1 heterocycles.